The zero-order valence-corrected chi connectivity index (χ0v) is 13.2. The molecule has 0 amide bonds. The van der Waals surface area contributed by atoms with E-state index < -0.39 is 0 Å². The van der Waals surface area contributed by atoms with Crippen molar-refractivity contribution in [2.75, 3.05) is 26.7 Å². The van der Waals surface area contributed by atoms with Gasteiger partial charge in [0.05, 0.1) is 12.7 Å². The molecule has 1 heterocycles. The van der Waals surface area contributed by atoms with Crippen molar-refractivity contribution in [2.45, 2.75) is 45.4 Å². The fourth-order valence-corrected chi connectivity index (χ4v) is 2.92. The summed E-state index contributed by atoms with van der Waals surface area (Å²) in [5, 5.41) is 3.45. The van der Waals surface area contributed by atoms with Crippen molar-refractivity contribution in [3.8, 4) is 0 Å². The highest BCUT2D eigenvalue weighted by Crippen LogP contribution is 2.15. The molecule has 2 atom stereocenters. The summed E-state index contributed by atoms with van der Waals surface area (Å²) in [7, 11) is 2.04. The van der Waals surface area contributed by atoms with Crippen LogP contribution in [0.1, 0.15) is 25.0 Å². The Labute approximate surface area is 123 Å². The number of nitrogens with one attached hydrogen (secondary N) is 1. The maximum atomic E-state index is 6.01. The average molecular weight is 276 g/mol. The molecule has 3 nitrogen and oxygen atoms in total. The molecule has 1 N–H and O–H groups in total. The van der Waals surface area contributed by atoms with Gasteiger partial charge in [-0.05, 0) is 39.8 Å². The van der Waals surface area contributed by atoms with Crippen LogP contribution >= 0.6 is 0 Å². The standard InChI is InChI=1S/C17H28N2O/c1-13(2)19-8-9-20-17(12-19)16(18-4)11-15-7-5-6-14(3)10-15/h5-7,10,13,16-18H,8-9,11-12H2,1-4H3. The summed E-state index contributed by atoms with van der Waals surface area (Å²) in [4.78, 5) is 2.51. The summed E-state index contributed by atoms with van der Waals surface area (Å²) in [6, 6.07) is 9.74. The van der Waals surface area contributed by atoms with Crippen molar-refractivity contribution < 1.29 is 4.74 Å². The van der Waals surface area contributed by atoms with E-state index in [-0.39, 0.29) is 6.10 Å². The van der Waals surface area contributed by atoms with Gasteiger partial charge < -0.3 is 10.1 Å². The molecule has 3 heteroatoms. The van der Waals surface area contributed by atoms with Crippen molar-refractivity contribution in [2.24, 2.45) is 0 Å². The highest BCUT2D eigenvalue weighted by molar-refractivity contribution is 5.23. The van der Waals surface area contributed by atoms with Gasteiger partial charge in [-0.2, -0.15) is 0 Å². The highest BCUT2D eigenvalue weighted by Gasteiger charge is 2.28. The van der Waals surface area contributed by atoms with Gasteiger partial charge in [-0.3, -0.25) is 4.90 Å². The lowest BCUT2D eigenvalue weighted by atomic mass is 9.98. The van der Waals surface area contributed by atoms with Crippen molar-refractivity contribution in [3.63, 3.8) is 0 Å². The second-order valence-corrected chi connectivity index (χ2v) is 6.09. The summed E-state index contributed by atoms with van der Waals surface area (Å²) in [6.07, 6.45) is 1.30. The van der Waals surface area contributed by atoms with E-state index in [0.717, 1.165) is 26.1 Å². The molecule has 0 spiro atoms. The van der Waals surface area contributed by atoms with Crippen LogP contribution < -0.4 is 5.32 Å². The largest absolute Gasteiger partial charge is 0.374 e. The third kappa shape index (κ3) is 4.05. The van der Waals surface area contributed by atoms with Gasteiger partial charge in [-0.15, -0.1) is 0 Å². The predicted octanol–water partition coefficient (Wildman–Crippen LogP) is 2.23. The fraction of sp³-hybridized carbons (Fsp3) is 0.647. The summed E-state index contributed by atoms with van der Waals surface area (Å²) < 4.78 is 6.01. The van der Waals surface area contributed by atoms with E-state index in [4.69, 9.17) is 4.74 Å². The topological polar surface area (TPSA) is 24.5 Å². The van der Waals surface area contributed by atoms with Gasteiger partial charge in [0.25, 0.3) is 0 Å². The number of likely N-dealkylation sites (N-methyl/N-ethyl adjacent to an activating group) is 1. The molecule has 1 fully saturated rings. The molecular weight excluding hydrogens is 248 g/mol. The molecular formula is C17H28N2O. The average Bonchev–Trinajstić information content (AvgIpc) is 2.45. The predicted molar refractivity (Wildman–Crippen MR) is 84.2 cm³/mol. The monoisotopic (exact) mass is 276 g/mol. The van der Waals surface area contributed by atoms with E-state index in [2.05, 4.69) is 55.3 Å². The Morgan fingerprint density at radius 1 is 1.40 bits per heavy atom. The van der Waals surface area contributed by atoms with E-state index in [0.29, 0.717) is 12.1 Å². The second-order valence-electron chi connectivity index (χ2n) is 6.09. The second kappa shape index (κ2) is 7.21. The van der Waals surface area contributed by atoms with Gasteiger partial charge >= 0.3 is 0 Å². The Balaban J connectivity index is 2.00. The summed E-state index contributed by atoms with van der Waals surface area (Å²) >= 11 is 0. The number of ether oxygens (including phenoxy) is 1. The van der Waals surface area contributed by atoms with E-state index in [9.17, 15) is 0 Å². The lowest BCUT2D eigenvalue weighted by Crippen LogP contribution is -2.53. The lowest BCUT2D eigenvalue weighted by molar-refractivity contribution is -0.0541. The molecule has 1 aliphatic heterocycles. The number of aryl methyl sites for hydroxylation is 1. The Morgan fingerprint density at radius 3 is 2.85 bits per heavy atom. The Hall–Kier alpha value is -0.900. The van der Waals surface area contributed by atoms with Crippen LogP contribution in [-0.2, 0) is 11.2 Å². The molecule has 1 aliphatic rings. The smallest absolute Gasteiger partial charge is 0.0858 e. The maximum Gasteiger partial charge on any atom is 0.0858 e. The van der Waals surface area contributed by atoms with E-state index in [1.165, 1.54) is 11.1 Å². The molecule has 1 aromatic rings. The van der Waals surface area contributed by atoms with E-state index in [1.54, 1.807) is 0 Å². The minimum absolute atomic E-state index is 0.275. The van der Waals surface area contributed by atoms with Gasteiger partial charge in [-0.1, -0.05) is 29.8 Å². The number of benzene rings is 1. The Morgan fingerprint density at radius 2 is 2.20 bits per heavy atom. The van der Waals surface area contributed by atoms with Crippen LogP contribution in [0.2, 0.25) is 0 Å². The fourth-order valence-electron chi connectivity index (χ4n) is 2.92. The normalized spacial score (nSPS) is 22.1. The van der Waals surface area contributed by atoms with Crippen LogP contribution in [-0.4, -0.2) is 49.8 Å². The molecule has 1 aromatic carbocycles. The third-order valence-corrected chi connectivity index (χ3v) is 4.21. The van der Waals surface area contributed by atoms with Gasteiger partial charge in [0.1, 0.15) is 0 Å². The number of rotatable bonds is 5. The van der Waals surface area contributed by atoms with Crippen LogP contribution in [0.4, 0.5) is 0 Å². The van der Waals surface area contributed by atoms with Crippen molar-refractivity contribution >= 4 is 0 Å². The van der Waals surface area contributed by atoms with Crippen LogP contribution in [0.3, 0.4) is 0 Å². The van der Waals surface area contributed by atoms with Crippen LogP contribution in [0.5, 0.6) is 0 Å². The molecule has 0 radical (unpaired) electrons. The number of hydrogen-bond donors (Lipinski definition) is 1. The Bertz CT molecular complexity index is 419. The summed E-state index contributed by atoms with van der Waals surface area (Å²) in [6.45, 7) is 9.59. The molecule has 0 aliphatic carbocycles. The quantitative estimate of drug-likeness (QED) is 0.892. The summed E-state index contributed by atoms with van der Waals surface area (Å²) in [5.74, 6) is 0. The molecule has 112 valence electrons. The summed E-state index contributed by atoms with van der Waals surface area (Å²) in [5.41, 5.74) is 2.71. The van der Waals surface area contributed by atoms with Crippen molar-refractivity contribution in [3.05, 3.63) is 35.4 Å². The molecule has 0 aromatic heterocycles. The van der Waals surface area contributed by atoms with E-state index >= 15 is 0 Å². The maximum absolute atomic E-state index is 6.01. The van der Waals surface area contributed by atoms with Gasteiger partial charge in [0, 0.05) is 25.2 Å². The molecule has 2 unspecified atom stereocenters. The molecule has 0 bridgehead atoms. The van der Waals surface area contributed by atoms with E-state index in [1.807, 2.05) is 7.05 Å². The zero-order chi connectivity index (χ0) is 14.5. The van der Waals surface area contributed by atoms with Crippen LogP contribution in [0.25, 0.3) is 0 Å². The number of morpholine rings is 1. The van der Waals surface area contributed by atoms with Gasteiger partial charge in [-0.25, -0.2) is 0 Å². The number of hydrogen-bond acceptors (Lipinski definition) is 3. The lowest BCUT2D eigenvalue weighted by Gasteiger charge is -2.39. The minimum Gasteiger partial charge on any atom is -0.374 e. The first kappa shape index (κ1) is 15.5. The van der Waals surface area contributed by atoms with Crippen molar-refractivity contribution in [1.82, 2.24) is 10.2 Å². The van der Waals surface area contributed by atoms with Gasteiger partial charge in [0.15, 0.2) is 0 Å². The third-order valence-electron chi connectivity index (χ3n) is 4.21. The Kier molecular flexibility index (Phi) is 5.58. The minimum atomic E-state index is 0.275. The zero-order valence-electron chi connectivity index (χ0n) is 13.2. The first-order valence-corrected chi connectivity index (χ1v) is 7.68. The molecule has 2 rings (SSSR count). The highest BCUT2D eigenvalue weighted by atomic mass is 16.5. The van der Waals surface area contributed by atoms with Crippen molar-refractivity contribution in [1.29, 1.82) is 0 Å². The molecule has 1 saturated heterocycles. The SMILES string of the molecule is CNC(Cc1cccc(C)c1)C1CN(C(C)C)CCO1. The van der Waals surface area contributed by atoms with Crippen LogP contribution in [0, 0.1) is 6.92 Å². The first-order chi connectivity index (χ1) is 9.60. The first-order valence-electron chi connectivity index (χ1n) is 7.68. The molecule has 20 heavy (non-hydrogen) atoms. The number of nitrogens with zero attached hydrogens (tertiary/aromatic N) is 1. The van der Waals surface area contributed by atoms with Gasteiger partial charge in [0.2, 0.25) is 0 Å². The molecule has 0 saturated carbocycles. The van der Waals surface area contributed by atoms with Crippen LogP contribution in [0.15, 0.2) is 24.3 Å².